The molecule has 1 saturated carbocycles. The van der Waals surface area contributed by atoms with Crippen molar-refractivity contribution < 1.29 is 0 Å². The number of pyridine rings is 1. The Morgan fingerprint density at radius 2 is 1.80 bits per heavy atom. The summed E-state index contributed by atoms with van der Waals surface area (Å²) in [5.74, 6) is 0.988. The fourth-order valence-electron chi connectivity index (χ4n) is 3.26. The third-order valence-corrected chi connectivity index (χ3v) is 4.87. The van der Waals surface area contributed by atoms with Crippen LogP contribution < -0.4 is 4.90 Å². The van der Waals surface area contributed by atoms with Crippen LogP contribution in [0.15, 0.2) is 54.7 Å². The Bertz CT molecular complexity index is 681. The van der Waals surface area contributed by atoms with E-state index in [0.29, 0.717) is 0 Å². The Morgan fingerprint density at radius 3 is 2.36 bits per heavy atom. The van der Waals surface area contributed by atoms with Crippen molar-refractivity contribution in [1.29, 1.82) is 0 Å². The normalized spacial score (nSPS) is 13.7. The topological polar surface area (TPSA) is 16.1 Å². The third kappa shape index (κ3) is 5.19. The second kappa shape index (κ2) is 8.33. The van der Waals surface area contributed by atoms with E-state index in [2.05, 4.69) is 59.8 Å². The van der Waals surface area contributed by atoms with E-state index in [4.69, 9.17) is 0 Å². The summed E-state index contributed by atoms with van der Waals surface area (Å²) in [7, 11) is 0. The van der Waals surface area contributed by atoms with Crippen molar-refractivity contribution in [3.05, 3.63) is 60.4 Å². The highest BCUT2D eigenvalue weighted by Gasteiger charge is 2.21. The SMILES string of the molecule is C=C(C)Cc1ccc(-c2ccc(N(CCC)CCC3CC3)cc2)cn1. The lowest BCUT2D eigenvalue weighted by Gasteiger charge is -2.24. The van der Waals surface area contributed by atoms with Crippen LogP contribution in [0.5, 0.6) is 0 Å². The van der Waals surface area contributed by atoms with Crippen LogP contribution in [0.25, 0.3) is 11.1 Å². The third-order valence-electron chi connectivity index (χ3n) is 4.87. The van der Waals surface area contributed by atoms with Gasteiger partial charge < -0.3 is 4.90 Å². The molecule has 1 aromatic heterocycles. The lowest BCUT2D eigenvalue weighted by Crippen LogP contribution is -2.25. The van der Waals surface area contributed by atoms with Crippen molar-refractivity contribution in [2.45, 2.75) is 46.0 Å². The second-order valence-electron chi connectivity index (χ2n) is 7.44. The molecule has 1 aromatic carbocycles. The van der Waals surface area contributed by atoms with Gasteiger partial charge in [0.2, 0.25) is 0 Å². The average molecular weight is 335 g/mol. The molecule has 0 bridgehead atoms. The zero-order chi connectivity index (χ0) is 17.6. The predicted molar refractivity (Wildman–Crippen MR) is 108 cm³/mol. The molecule has 0 radical (unpaired) electrons. The lowest BCUT2D eigenvalue weighted by molar-refractivity contribution is 0.668. The van der Waals surface area contributed by atoms with Crippen LogP contribution in [-0.4, -0.2) is 18.1 Å². The summed E-state index contributed by atoms with van der Waals surface area (Å²) >= 11 is 0. The number of allylic oxidation sites excluding steroid dienone is 1. The van der Waals surface area contributed by atoms with E-state index >= 15 is 0 Å². The summed E-state index contributed by atoms with van der Waals surface area (Å²) in [5, 5.41) is 0. The molecule has 1 heterocycles. The summed E-state index contributed by atoms with van der Waals surface area (Å²) in [6.07, 6.45) is 8.24. The van der Waals surface area contributed by atoms with Crippen molar-refractivity contribution in [3.8, 4) is 11.1 Å². The highest BCUT2D eigenvalue weighted by atomic mass is 15.1. The van der Waals surface area contributed by atoms with Crippen molar-refractivity contribution in [3.63, 3.8) is 0 Å². The van der Waals surface area contributed by atoms with Crippen LogP contribution >= 0.6 is 0 Å². The van der Waals surface area contributed by atoms with Crippen molar-refractivity contribution in [2.75, 3.05) is 18.0 Å². The molecule has 0 spiro atoms. The van der Waals surface area contributed by atoms with Crippen LogP contribution in [-0.2, 0) is 6.42 Å². The summed E-state index contributed by atoms with van der Waals surface area (Å²) in [6, 6.07) is 13.3. The van der Waals surface area contributed by atoms with E-state index in [-0.39, 0.29) is 0 Å². The van der Waals surface area contributed by atoms with E-state index in [9.17, 15) is 0 Å². The molecule has 0 N–H and O–H groups in total. The summed E-state index contributed by atoms with van der Waals surface area (Å²) in [4.78, 5) is 7.10. The highest BCUT2D eigenvalue weighted by molar-refractivity contribution is 5.65. The maximum absolute atomic E-state index is 4.57. The van der Waals surface area contributed by atoms with Gasteiger partial charge in [-0.15, -0.1) is 0 Å². The number of anilines is 1. The summed E-state index contributed by atoms with van der Waals surface area (Å²) in [5.41, 5.74) is 5.99. The zero-order valence-corrected chi connectivity index (χ0v) is 15.7. The molecule has 25 heavy (non-hydrogen) atoms. The van der Waals surface area contributed by atoms with E-state index < -0.39 is 0 Å². The summed E-state index contributed by atoms with van der Waals surface area (Å²) in [6.45, 7) is 10.6. The number of hydrogen-bond donors (Lipinski definition) is 0. The first kappa shape index (κ1) is 17.7. The van der Waals surface area contributed by atoms with Gasteiger partial charge in [-0.3, -0.25) is 4.98 Å². The van der Waals surface area contributed by atoms with Crippen LogP contribution in [0, 0.1) is 5.92 Å². The quantitative estimate of drug-likeness (QED) is 0.532. The number of nitrogens with zero attached hydrogens (tertiary/aromatic N) is 2. The molecule has 1 aliphatic carbocycles. The predicted octanol–water partition coefficient (Wildman–Crippen LogP) is 5.88. The minimum Gasteiger partial charge on any atom is -0.372 e. The van der Waals surface area contributed by atoms with E-state index in [0.717, 1.165) is 30.2 Å². The molecule has 2 nitrogen and oxygen atoms in total. The van der Waals surface area contributed by atoms with Gasteiger partial charge in [0, 0.05) is 42.7 Å². The fourth-order valence-corrected chi connectivity index (χ4v) is 3.26. The average Bonchev–Trinajstić information content (AvgIpc) is 3.43. The lowest BCUT2D eigenvalue weighted by atomic mass is 10.1. The molecule has 2 heteroatoms. The molecule has 0 amide bonds. The molecule has 1 aliphatic rings. The molecule has 0 saturated heterocycles. The number of hydrogen-bond acceptors (Lipinski definition) is 2. The van der Waals surface area contributed by atoms with Gasteiger partial charge in [-0.05, 0) is 49.4 Å². The minimum absolute atomic E-state index is 0.853. The van der Waals surface area contributed by atoms with Crippen LogP contribution in [0.4, 0.5) is 5.69 Å². The standard InChI is InChI=1S/C23H30N2/c1-4-14-25(15-13-19-5-6-19)23-11-8-20(9-12-23)21-7-10-22(24-17-21)16-18(2)3/h7-12,17,19H,2,4-6,13-16H2,1,3H3. The molecule has 2 aromatic rings. The molecule has 1 fully saturated rings. The number of aromatic nitrogens is 1. The van der Waals surface area contributed by atoms with Gasteiger partial charge in [0.25, 0.3) is 0 Å². The van der Waals surface area contributed by atoms with Gasteiger partial charge in [-0.25, -0.2) is 0 Å². The number of rotatable bonds is 9. The van der Waals surface area contributed by atoms with Gasteiger partial charge in [0.05, 0.1) is 0 Å². The molecule has 0 unspecified atom stereocenters. The first-order valence-electron chi connectivity index (χ1n) is 9.60. The zero-order valence-electron chi connectivity index (χ0n) is 15.7. The molecule has 132 valence electrons. The number of benzene rings is 1. The Labute approximate surface area is 152 Å². The molecule has 0 aliphatic heterocycles. The Balaban J connectivity index is 1.68. The van der Waals surface area contributed by atoms with Gasteiger partial charge in [-0.1, -0.05) is 50.1 Å². The molecule has 3 rings (SSSR count). The maximum atomic E-state index is 4.57. The molecular weight excluding hydrogens is 304 g/mol. The highest BCUT2D eigenvalue weighted by Crippen LogP contribution is 2.33. The smallest absolute Gasteiger partial charge is 0.0444 e. The monoisotopic (exact) mass is 334 g/mol. The molecule has 0 atom stereocenters. The minimum atomic E-state index is 0.853. The van der Waals surface area contributed by atoms with E-state index in [1.807, 2.05) is 13.1 Å². The Kier molecular flexibility index (Phi) is 5.91. The van der Waals surface area contributed by atoms with E-state index in [1.165, 1.54) is 49.0 Å². The maximum Gasteiger partial charge on any atom is 0.0444 e. The first-order chi connectivity index (χ1) is 12.2. The van der Waals surface area contributed by atoms with Crippen LogP contribution in [0.1, 0.15) is 45.2 Å². The van der Waals surface area contributed by atoms with Crippen LogP contribution in [0.2, 0.25) is 0 Å². The largest absolute Gasteiger partial charge is 0.372 e. The molecular formula is C23H30N2. The van der Waals surface area contributed by atoms with Crippen molar-refractivity contribution in [2.24, 2.45) is 5.92 Å². The van der Waals surface area contributed by atoms with Gasteiger partial charge >= 0.3 is 0 Å². The Hall–Kier alpha value is -2.09. The first-order valence-corrected chi connectivity index (χ1v) is 9.60. The van der Waals surface area contributed by atoms with Crippen molar-refractivity contribution >= 4 is 5.69 Å². The van der Waals surface area contributed by atoms with Crippen molar-refractivity contribution in [1.82, 2.24) is 4.98 Å². The summed E-state index contributed by atoms with van der Waals surface area (Å²) < 4.78 is 0. The van der Waals surface area contributed by atoms with E-state index in [1.54, 1.807) is 0 Å². The van der Waals surface area contributed by atoms with Gasteiger partial charge in [0.1, 0.15) is 0 Å². The fraction of sp³-hybridized carbons (Fsp3) is 0.435. The second-order valence-corrected chi connectivity index (χ2v) is 7.44. The van der Waals surface area contributed by atoms with Gasteiger partial charge in [0.15, 0.2) is 0 Å². The van der Waals surface area contributed by atoms with Crippen LogP contribution in [0.3, 0.4) is 0 Å². The van der Waals surface area contributed by atoms with Gasteiger partial charge in [-0.2, -0.15) is 0 Å². The Morgan fingerprint density at radius 1 is 1.08 bits per heavy atom.